The smallest absolute Gasteiger partial charge is 0.266 e. The minimum absolute atomic E-state index is 0.152. The van der Waals surface area contributed by atoms with Crippen molar-refractivity contribution in [3.8, 4) is 11.3 Å². The minimum Gasteiger partial charge on any atom is -0.321 e. The molecule has 0 aliphatic carbocycles. The second kappa shape index (κ2) is 6.43. The highest BCUT2D eigenvalue weighted by molar-refractivity contribution is 7.20. The number of aromatic nitrogens is 4. The topological polar surface area (TPSA) is 89.8 Å². The van der Waals surface area contributed by atoms with Crippen molar-refractivity contribution in [2.75, 3.05) is 5.32 Å². The van der Waals surface area contributed by atoms with Gasteiger partial charge in [-0.1, -0.05) is 16.6 Å². The van der Waals surface area contributed by atoms with E-state index < -0.39 is 0 Å². The van der Waals surface area contributed by atoms with Crippen LogP contribution in [0.25, 0.3) is 21.5 Å². The van der Waals surface area contributed by atoms with Crippen LogP contribution in [0.2, 0.25) is 0 Å². The average molecular weight is 383 g/mol. The number of nitrogens with one attached hydrogen (secondary N) is 1. The summed E-state index contributed by atoms with van der Waals surface area (Å²) in [5, 5.41) is 9.26. The van der Waals surface area contributed by atoms with Crippen molar-refractivity contribution in [1.29, 1.82) is 0 Å². The molecule has 0 saturated heterocycles. The molecule has 1 aromatic carbocycles. The van der Waals surface area contributed by atoms with E-state index in [9.17, 15) is 9.59 Å². The third-order valence-electron chi connectivity index (χ3n) is 3.99. The predicted molar refractivity (Wildman–Crippen MR) is 103 cm³/mol. The number of fused-ring (bicyclic) bond motifs is 1. The molecule has 3 aromatic heterocycles. The zero-order chi connectivity index (χ0) is 18.3. The first kappa shape index (κ1) is 16.6. The average Bonchev–Trinajstić information content (AvgIpc) is 3.27. The third-order valence-corrected chi connectivity index (χ3v) is 5.70. The largest absolute Gasteiger partial charge is 0.321 e. The molecule has 3 heterocycles. The molecule has 0 aliphatic heterocycles. The van der Waals surface area contributed by atoms with Crippen molar-refractivity contribution in [2.24, 2.45) is 7.05 Å². The molecule has 0 spiro atoms. The predicted octanol–water partition coefficient (Wildman–Crippen LogP) is 3.07. The van der Waals surface area contributed by atoms with Crippen LogP contribution in [0.15, 0.2) is 40.8 Å². The normalized spacial score (nSPS) is 11.0. The van der Waals surface area contributed by atoms with E-state index in [1.165, 1.54) is 33.8 Å². The molecule has 0 radical (unpaired) electrons. The van der Waals surface area contributed by atoms with Gasteiger partial charge in [-0.25, -0.2) is 4.98 Å². The quantitative estimate of drug-likeness (QED) is 0.587. The van der Waals surface area contributed by atoms with Crippen molar-refractivity contribution in [1.82, 2.24) is 19.1 Å². The lowest BCUT2D eigenvalue weighted by molar-refractivity contribution is 0.103. The van der Waals surface area contributed by atoms with Crippen LogP contribution in [-0.2, 0) is 7.05 Å². The Kier molecular flexibility index (Phi) is 4.09. The van der Waals surface area contributed by atoms with Crippen LogP contribution in [0.1, 0.15) is 15.2 Å². The fourth-order valence-electron chi connectivity index (χ4n) is 2.66. The van der Waals surface area contributed by atoms with E-state index in [1.807, 2.05) is 23.6 Å². The zero-order valence-corrected chi connectivity index (χ0v) is 15.5. The number of hydrogen-bond donors (Lipinski definition) is 1. The molecule has 0 bridgehead atoms. The maximum Gasteiger partial charge on any atom is 0.266 e. The Morgan fingerprint density at radius 3 is 2.92 bits per heavy atom. The highest BCUT2D eigenvalue weighted by Crippen LogP contribution is 2.28. The van der Waals surface area contributed by atoms with Crippen molar-refractivity contribution in [2.45, 2.75) is 6.92 Å². The van der Waals surface area contributed by atoms with Crippen LogP contribution < -0.4 is 10.9 Å². The standard InChI is InChI=1S/C17H13N5O2S2/c1-9-13-16(18-8-22(2)17(13)24)26-14(9)15(23)19-11-5-3-4-10(6-11)12-7-25-21-20-12/h3-8H,1-2H3,(H,19,23). The number of aryl methyl sites for hydroxylation is 2. The molecule has 130 valence electrons. The van der Waals surface area contributed by atoms with Gasteiger partial charge in [-0.3, -0.25) is 9.59 Å². The van der Waals surface area contributed by atoms with Gasteiger partial charge in [-0.2, -0.15) is 0 Å². The van der Waals surface area contributed by atoms with Crippen LogP contribution >= 0.6 is 22.9 Å². The van der Waals surface area contributed by atoms with E-state index in [2.05, 4.69) is 19.9 Å². The number of benzene rings is 1. The Labute approximate surface area is 156 Å². The van der Waals surface area contributed by atoms with Gasteiger partial charge < -0.3 is 9.88 Å². The van der Waals surface area contributed by atoms with E-state index >= 15 is 0 Å². The second-order valence-corrected chi connectivity index (χ2v) is 7.33. The Hall–Kier alpha value is -2.91. The fraction of sp³-hybridized carbons (Fsp3) is 0.118. The second-order valence-electron chi connectivity index (χ2n) is 5.72. The first-order valence-corrected chi connectivity index (χ1v) is 9.33. The highest BCUT2D eigenvalue weighted by Gasteiger charge is 2.19. The Morgan fingerprint density at radius 2 is 2.15 bits per heavy atom. The Morgan fingerprint density at radius 1 is 1.31 bits per heavy atom. The maximum atomic E-state index is 12.7. The van der Waals surface area contributed by atoms with Gasteiger partial charge in [0.25, 0.3) is 11.5 Å². The van der Waals surface area contributed by atoms with Crippen LogP contribution in [0.5, 0.6) is 0 Å². The van der Waals surface area contributed by atoms with Crippen molar-refractivity contribution in [3.63, 3.8) is 0 Å². The molecular weight excluding hydrogens is 370 g/mol. The lowest BCUT2D eigenvalue weighted by Gasteiger charge is -2.06. The molecule has 4 aromatic rings. The number of amides is 1. The Bertz CT molecular complexity index is 1180. The number of carbonyl (C=O) groups excluding carboxylic acids is 1. The molecule has 1 N–H and O–H groups in total. The number of nitrogens with zero attached hydrogens (tertiary/aromatic N) is 4. The van der Waals surface area contributed by atoms with E-state index in [0.29, 0.717) is 26.3 Å². The van der Waals surface area contributed by atoms with E-state index in [0.717, 1.165) is 11.3 Å². The molecule has 0 atom stereocenters. The van der Waals surface area contributed by atoms with Crippen LogP contribution in [0.3, 0.4) is 0 Å². The van der Waals surface area contributed by atoms with Gasteiger partial charge in [-0.05, 0) is 36.2 Å². The first-order chi connectivity index (χ1) is 12.5. The number of anilines is 1. The molecule has 9 heteroatoms. The van der Waals surface area contributed by atoms with Crippen LogP contribution in [0.4, 0.5) is 5.69 Å². The fourth-order valence-corrected chi connectivity index (χ4v) is 4.16. The van der Waals surface area contributed by atoms with Gasteiger partial charge in [-0.15, -0.1) is 16.4 Å². The number of carbonyl (C=O) groups is 1. The molecule has 4 rings (SSSR count). The lowest BCUT2D eigenvalue weighted by atomic mass is 10.1. The molecule has 1 amide bonds. The maximum absolute atomic E-state index is 12.7. The van der Waals surface area contributed by atoms with Gasteiger partial charge in [0.05, 0.1) is 16.6 Å². The highest BCUT2D eigenvalue weighted by atomic mass is 32.1. The summed E-state index contributed by atoms with van der Waals surface area (Å²) in [6.45, 7) is 1.77. The van der Waals surface area contributed by atoms with Crippen molar-refractivity contribution >= 4 is 44.7 Å². The summed E-state index contributed by atoms with van der Waals surface area (Å²) < 4.78 is 5.27. The first-order valence-electron chi connectivity index (χ1n) is 7.68. The monoisotopic (exact) mass is 383 g/mol. The van der Waals surface area contributed by atoms with Gasteiger partial charge in [0.1, 0.15) is 10.5 Å². The zero-order valence-electron chi connectivity index (χ0n) is 13.9. The SMILES string of the molecule is Cc1c(C(=O)Nc2cccc(-c3csnn3)c2)sc2ncn(C)c(=O)c12. The number of thiophene rings is 1. The molecule has 0 unspecified atom stereocenters. The van der Waals surface area contributed by atoms with Gasteiger partial charge in [0.15, 0.2) is 0 Å². The number of rotatable bonds is 3. The van der Waals surface area contributed by atoms with Gasteiger partial charge in [0, 0.05) is 23.7 Å². The summed E-state index contributed by atoms with van der Waals surface area (Å²) in [7, 11) is 1.64. The molecule has 0 fully saturated rings. The summed E-state index contributed by atoms with van der Waals surface area (Å²) in [5.41, 5.74) is 2.78. The summed E-state index contributed by atoms with van der Waals surface area (Å²) >= 11 is 2.49. The summed E-state index contributed by atoms with van der Waals surface area (Å²) in [4.78, 5) is 30.3. The van der Waals surface area contributed by atoms with Gasteiger partial charge >= 0.3 is 0 Å². The van der Waals surface area contributed by atoms with E-state index in [1.54, 1.807) is 20.0 Å². The van der Waals surface area contributed by atoms with Crippen molar-refractivity contribution in [3.05, 3.63) is 56.8 Å². The van der Waals surface area contributed by atoms with Gasteiger partial charge in [0.2, 0.25) is 0 Å². The van der Waals surface area contributed by atoms with E-state index in [-0.39, 0.29) is 11.5 Å². The lowest BCUT2D eigenvalue weighted by Crippen LogP contribution is -2.17. The van der Waals surface area contributed by atoms with Crippen LogP contribution in [0, 0.1) is 6.92 Å². The van der Waals surface area contributed by atoms with Crippen LogP contribution in [-0.4, -0.2) is 25.0 Å². The molecular formula is C17H13N5O2S2. The molecule has 0 aliphatic rings. The third kappa shape index (κ3) is 2.80. The molecule has 7 nitrogen and oxygen atoms in total. The Balaban J connectivity index is 1.68. The van der Waals surface area contributed by atoms with E-state index in [4.69, 9.17) is 0 Å². The summed E-state index contributed by atoms with van der Waals surface area (Å²) in [6.07, 6.45) is 1.47. The summed E-state index contributed by atoms with van der Waals surface area (Å²) in [5.74, 6) is -0.263. The van der Waals surface area contributed by atoms with Crippen molar-refractivity contribution < 1.29 is 4.79 Å². The minimum atomic E-state index is -0.263. The molecule has 26 heavy (non-hydrogen) atoms. The summed E-state index contributed by atoms with van der Waals surface area (Å²) in [6, 6.07) is 7.40. The molecule has 0 saturated carbocycles. The number of hydrogen-bond acceptors (Lipinski definition) is 7.